The molecule has 0 aromatic carbocycles. The van der Waals surface area contributed by atoms with Gasteiger partial charge in [0.2, 0.25) is 0 Å². The third kappa shape index (κ3) is 2.49. The van der Waals surface area contributed by atoms with E-state index in [9.17, 15) is 4.79 Å². The summed E-state index contributed by atoms with van der Waals surface area (Å²) in [6.45, 7) is 3.33. The number of rotatable bonds is 3. The van der Waals surface area contributed by atoms with Crippen molar-refractivity contribution in [3.63, 3.8) is 0 Å². The van der Waals surface area contributed by atoms with Gasteiger partial charge in [-0.05, 0) is 42.7 Å². The highest BCUT2D eigenvalue weighted by molar-refractivity contribution is 7.12. The van der Waals surface area contributed by atoms with Crippen LogP contribution >= 0.6 is 22.9 Å². The highest BCUT2D eigenvalue weighted by Crippen LogP contribution is 2.40. The van der Waals surface area contributed by atoms with Gasteiger partial charge in [-0.25, -0.2) is 4.98 Å². The van der Waals surface area contributed by atoms with Gasteiger partial charge in [0.25, 0.3) is 5.91 Å². The van der Waals surface area contributed by atoms with Crippen LogP contribution in [0.25, 0.3) is 10.8 Å². The van der Waals surface area contributed by atoms with Crippen molar-refractivity contribution in [1.82, 2.24) is 29.0 Å². The second-order valence-corrected chi connectivity index (χ2v) is 8.12. The molecule has 1 amide bonds. The van der Waals surface area contributed by atoms with Crippen LogP contribution in [0.4, 0.5) is 0 Å². The van der Waals surface area contributed by atoms with E-state index in [1.165, 1.54) is 35.7 Å². The fraction of sp³-hybridized carbons (Fsp3) is 0.438. The van der Waals surface area contributed by atoms with Gasteiger partial charge in [-0.3, -0.25) is 4.79 Å². The van der Waals surface area contributed by atoms with Crippen LogP contribution in [0.2, 0.25) is 0 Å². The molecule has 9 heteroatoms. The summed E-state index contributed by atoms with van der Waals surface area (Å²) in [5.41, 5.74) is 0. The van der Waals surface area contributed by atoms with E-state index >= 15 is 0 Å². The molecule has 25 heavy (non-hydrogen) atoms. The number of amides is 1. The molecule has 3 aromatic rings. The number of carbonyl (C=O) groups excluding carboxylic acids is 1. The lowest BCUT2D eigenvalue weighted by Crippen LogP contribution is -2.41. The first kappa shape index (κ1) is 15.2. The number of nitrogens with zero attached hydrogens (tertiary/aromatic N) is 6. The van der Waals surface area contributed by atoms with Gasteiger partial charge in [0.1, 0.15) is 5.82 Å². The standard InChI is InChI=1S/C16H16N6OS2/c1-9-13-18-19-14(15-17-12(20-25-15)10-4-5-10)22(13)7-6-21(9)16(23)11-3-2-8-24-11/h2-3,8-10H,4-7H2,1H3/t9-/m1/s1. The van der Waals surface area contributed by atoms with Crippen LogP contribution in [-0.2, 0) is 6.54 Å². The van der Waals surface area contributed by atoms with Gasteiger partial charge >= 0.3 is 0 Å². The van der Waals surface area contributed by atoms with E-state index in [1.807, 2.05) is 29.3 Å². The topological polar surface area (TPSA) is 76.8 Å². The van der Waals surface area contributed by atoms with Crippen molar-refractivity contribution in [1.29, 1.82) is 0 Å². The van der Waals surface area contributed by atoms with E-state index in [2.05, 4.69) is 24.1 Å². The summed E-state index contributed by atoms with van der Waals surface area (Å²) in [7, 11) is 0. The Labute approximate surface area is 152 Å². The smallest absolute Gasteiger partial charge is 0.264 e. The first-order valence-electron chi connectivity index (χ1n) is 8.34. The molecule has 7 nitrogen and oxygen atoms in total. The monoisotopic (exact) mass is 372 g/mol. The molecule has 0 unspecified atom stereocenters. The fourth-order valence-corrected chi connectivity index (χ4v) is 4.61. The van der Waals surface area contributed by atoms with Crippen LogP contribution < -0.4 is 0 Å². The van der Waals surface area contributed by atoms with Gasteiger partial charge in [-0.1, -0.05) is 6.07 Å². The molecule has 0 spiro atoms. The maximum absolute atomic E-state index is 12.7. The van der Waals surface area contributed by atoms with Crippen LogP contribution in [0.1, 0.15) is 53.0 Å². The summed E-state index contributed by atoms with van der Waals surface area (Å²) < 4.78 is 6.55. The molecule has 0 radical (unpaired) electrons. The second kappa shape index (κ2) is 5.70. The van der Waals surface area contributed by atoms with Gasteiger partial charge in [0.15, 0.2) is 16.7 Å². The predicted octanol–water partition coefficient (Wildman–Crippen LogP) is 2.95. The van der Waals surface area contributed by atoms with Crippen molar-refractivity contribution >= 4 is 28.8 Å². The van der Waals surface area contributed by atoms with E-state index in [1.54, 1.807) is 0 Å². The Hall–Kier alpha value is -2.13. The van der Waals surface area contributed by atoms with Crippen molar-refractivity contribution in [2.24, 2.45) is 0 Å². The third-order valence-corrected chi connectivity index (χ3v) is 6.34. The molecule has 1 aliphatic carbocycles. The molecule has 2 aliphatic rings. The van der Waals surface area contributed by atoms with Crippen molar-refractivity contribution in [2.45, 2.75) is 38.3 Å². The molecular weight excluding hydrogens is 356 g/mol. The Bertz CT molecular complexity index is 926. The highest BCUT2D eigenvalue weighted by Gasteiger charge is 2.34. The lowest BCUT2D eigenvalue weighted by Gasteiger charge is -2.33. The van der Waals surface area contributed by atoms with E-state index in [0.717, 1.165) is 27.4 Å². The number of fused-ring (bicyclic) bond motifs is 1. The Morgan fingerprint density at radius 1 is 1.28 bits per heavy atom. The summed E-state index contributed by atoms with van der Waals surface area (Å²) in [5.74, 6) is 3.12. The molecule has 1 saturated carbocycles. The minimum absolute atomic E-state index is 0.0604. The van der Waals surface area contributed by atoms with Gasteiger partial charge in [-0.2, -0.15) is 4.37 Å². The Morgan fingerprint density at radius 2 is 2.16 bits per heavy atom. The third-order valence-electron chi connectivity index (χ3n) is 4.75. The molecule has 1 atom stereocenters. The summed E-state index contributed by atoms with van der Waals surface area (Å²) in [4.78, 5) is 20.0. The SMILES string of the molecule is C[C@@H]1c2nnc(-c3nc(C4CC4)ns3)n2CCN1C(=O)c1cccs1. The Balaban J connectivity index is 1.45. The summed E-state index contributed by atoms with van der Waals surface area (Å²) in [6, 6.07) is 3.66. The molecule has 0 saturated heterocycles. The zero-order valence-electron chi connectivity index (χ0n) is 13.6. The van der Waals surface area contributed by atoms with E-state index < -0.39 is 0 Å². The van der Waals surface area contributed by atoms with Crippen molar-refractivity contribution < 1.29 is 4.79 Å². The van der Waals surface area contributed by atoms with Gasteiger partial charge in [0.05, 0.1) is 10.9 Å². The maximum atomic E-state index is 12.7. The molecule has 0 bridgehead atoms. The van der Waals surface area contributed by atoms with Gasteiger partial charge in [-0.15, -0.1) is 21.5 Å². The Kier molecular flexibility index (Phi) is 3.46. The average Bonchev–Trinajstić information content (AvgIpc) is 3.08. The van der Waals surface area contributed by atoms with Crippen LogP contribution in [-0.4, -0.2) is 41.5 Å². The van der Waals surface area contributed by atoms with Crippen LogP contribution in [0, 0.1) is 0 Å². The molecule has 1 aliphatic heterocycles. The second-order valence-electron chi connectivity index (χ2n) is 6.42. The maximum Gasteiger partial charge on any atom is 0.264 e. The zero-order valence-corrected chi connectivity index (χ0v) is 15.3. The fourth-order valence-electron chi connectivity index (χ4n) is 3.20. The lowest BCUT2D eigenvalue weighted by atomic mass is 10.2. The summed E-state index contributed by atoms with van der Waals surface area (Å²) in [5, 5.41) is 11.5. The van der Waals surface area contributed by atoms with Crippen molar-refractivity contribution in [3.8, 4) is 10.8 Å². The lowest BCUT2D eigenvalue weighted by molar-refractivity contribution is 0.0643. The quantitative estimate of drug-likeness (QED) is 0.706. The number of aromatic nitrogens is 5. The number of hydrogen-bond donors (Lipinski definition) is 0. The number of hydrogen-bond acceptors (Lipinski definition) is 7. The minimum Gasteiger partial charge on any atom is -0.326 e. The van der Waals surface area contributed by atoms with Crippen molar-refractivity contribution in [2.75, 3.05) is 6.54 Å². The molecule has 3 aromatic heterocycles. The van der Waals surface area contributed by atoms with E-state index in [0.29, 0.717) is 19.0 Å². The van der Waals surface area contributed by atoms with Gasteiger partial charge in [0, 0.05) is 19.0 Å². The first-order valence-corrected chi connectivity index (χ1v) is 9.99. The molecule has 4 heterocycles. The predicted molar refractivity (Wildman–Crippen MR) is 94.7 cm³/mol. The van der Waals surface area contributed by atoms with Crippen LogP contribution in [0.15, 0.2) is 17.5 Å². The normalized spacial score (nSPS) is 19.9. The van der Waals surface area contributed by atoms with E-state index in [4.69, 9.17) is 0 Å². The average molecular weight is 372 g/mol. The van der Waals surface area contributed by atoms with Gasteiger partial charge < -0.3 is 9.47 Å². The van der Waals surface area contributed by atoms with Crippen molar-refractivity contribution in [3.05, 3.63) is 34.0 Å². The summed E-state index contributed by atoms with van der Waals surface area (Å²) in [6.07, 6.45) is 2.37. The zero-order chi connectivity index (χ0) is 17.0. The molecule has 1 fully saturated rings. The molecule has 0 N–H and O–H groups in total. The largest absolute Gasteiger partial charge is 0.326 e. The number of carbonyl (C=O) groups is 1. The van der Waals surface area contributed by atoms with Crippen LogP contribution in [0.3, 0.4) is 0 Å². The van der Waals surface area contributed by atoms with Crippen LogP contribution in [0.5, 0.6) is 0 Å². The first-order chi connectivity index (χ1) is 12.2. The Morgan fingerprint density at radius 3 is 2.92 bits per heavy atom. The summed E-state index contributed by atoms with van der Waals surface area (Å²) >= 11 is 2.86. The molecular formula is C16H16N6OS2. The molecule has 128 valence electrons. The number of thiophene rings is 1. The minimum atomic E-state index is -0.111. The van der Waals surface area contributed by atoms with E-state index in [-0.39, 0.29) is 11.9 Å². The molecule has 5 rings (SSSR count). The highest BCUT2D eigenvalue weighted by atomic mass is 32.1.